The lowest BCUT2D eigenvalue weighted by molar-refractivity contribution is -0.0537. The van der Waals surface area contributed by atoms with E-state index in [1.165, 1.54) is 12.1 Å². The number of alkyl halides is 3. The molecule has 1 aromatic rings. The van der Waals surface area contributed by atoms with Gasteiger partial charge >= 0.3 is 15.6 Å². The molecule has 0 bridgehead atoms. The first kappa shape index (κ1) is 16.3. The molecule has 9 heteroatoms. The minimum absolute atomic E-state index is 0.0763. The van der Waals surface area contributed by atoms with Gasteiger partial charge in [0.2, 0.25) is 5.88 Å². The molecule has 1 aliphatic heterocycles. The third-order valence-electron chi connectivity index (χ3n) is 2.92. The molecule has 0 aliphatic carbocycles. The Labute approximate surface area is 125 Å². The lowest BCUT2D eigenvalue weighted by Crippen LogP contribution is -2.37. The first-order chi connectivity index (χ1) is 10.2. The van der Waals surface area contributed by atoms with Gasteiger partial charge in [-0.2, -0.15) is 21.6 Å². The average Bonchev–Trinajstić information content (AvgIpc) is 2.46. The molecule has 0 N–H and O–H groups in total. The number of carbonyl (C=O) groups is 1. The first-order valence-electron chi connectivity index (χ1n) is 6.30. The number of nitrogens with zero attached hydrogens (tertiary/aromatic N) is 1. The molecular weight excluding hydrogens is 323 g/mol. The highest BCUT2D eigenvalue weighted by Gasteiger charge is 2.49. The van der Waals surface area contributed by atoms with Crippen LogP contribution in [0, 0.1) is 0 Å². The van der Waals surface area contributed by atoms with E-state index >= 15 is 0 Å². The molecule has 0 spiro atoms. The van der Waals surface area contributed by atoms with Crippen LogP contribution in [0.4, 0.5) is 13.2 Å². The maximum Gasteiger partial charge on any atom is 0.534 e. The van der Waals surface area contributed by atoms with Gasteiger partial charge in [0.1, 0.15) is 0 Å². The topological polar surface area (TPSA) is 63.7 Å². The predicted molar refractivity (Wildman–Crippen MR) is 70.9 cm³/mol. The molecular formula is C13H12F3NO4S. The van der Waals surface area contributed by atoms with Crippen LogP contribution in [0.25, 0.3) is 0 Å². The molecule has 1 heterocycles. The van der Waals surface area contributed by atoms with Gasteiger partial charge in [-0.05, 0) is 31.1 Å². The van der Waals surface area contributed by atoms with E-state index in [2.05, 4.69) is 4.18 Å². The number of halogens is 3. The van der Waals surface area contributed by atoms with E-state index in [1.54, 1.807) is 18.2 Å². The minimum atomic E-state index is -5.81. The SMILES string of the molecule is O=C(c1ccccc1)N1CCCC=C1OS(=O)(=O)C(F)(F)F. The largest absolute Gasteiger partial charge is 0.534 e. The third kappa shape index (κ3) is 3.41. The van der Waals surface area contributed by atoms with Crippen molar-refractivity contribution in [2.24, 2.45) is 0 Å². The molecule has 0 fully saturated rings. The number of hydrogen-bond donors (Lipinski definition) is 0. The van der Waals surface area contributed by atoms with Gasteiger partial charge in [-0.15, -0.1) is 0 Å². The number of amides is 1. The molecule has 1 aromatic carbocycles. The van der Waals surface area contributed by atoms with Gasteiger partial charge in [0.05, 0.1) is 0 Å². The average molecular weight is 335 g/mol. The Morgan fingerprint density at radius 1 is 1.18 bits per heavy atom. The van der Waals surface area contributed by atoms with Crippen LogP contribution in [-0.4, -0.2) is 31.3 Å². The molecule has 5 nitrogen and oxygen atoms in total. The molecule has 120 valence electrons. The Balaban J connectivity index is 2.27. The summed E-state index contributed by atoms with van der Waals surface area (Å²) in [5.74, 6) is -1.23. The van der Waals surface area contributed by atoms with Gasteiger partial charge in [0.15, 0.2) is 0 Å². The maximum absolute atomic E-state index is 12.4. The zero-order chi connectivity index (χ0) is 16.4. The molecule has 0 atom stereocenters. The van der Waals surface area contributed by atoms with Crippen molar-refractivity contribution in [2.45, 2.75) is 18.3 Å². The number of carbonyl (C=O) groups excluding carboxylic acids is 1. The van der Waals surface area contributed by atoms with Crippen LogP contribution in [-0.2, 0) is 14.3 Å². The van der Waals surface area contributed by atoms with Crippen molar-refractivity contribution in [2.75, 3.05) is 6.54 Å². The number of allylic oxidation sites excluding steroid dienone is 1. The summed E-state index contributed by atoms with van der Waals surface area (Å²) in [6.07, 6.45) is 1.98. The summed E-state index contributed by atoms with van der Waals surface area (Å²) in [6.45, 7) is 0.0763. The molecule has 22 heavy (non-hydrogen) atoms. The highest BCUT2D eigenvalue weighted by Crippen LogP contribution is 2.29. The van der Waals surface area contributed by atoms with Gasteiger partial charge < -0.3 is 4.18 Å². The fourth-order valence-electron chi connectivity index (χ4n) is 1.87. The Hall–Kier alpha value is -2.03. The van der Waals surface area contributed by atoms with E-state index in [0.29, 0.717) is 12.8 Å². The Morgan fingerprint density at radius 3 is 2.41 bits per heavy atom. The second kappa shape index (κ2) is 5.99. The summed E-state index contributed by atoms with van der Waals surface area (Å²) in [5.41, 5.74) is -5.32. The van der Waals surface area contributed by atoms with Crippen LogP contribution in [0.1, 0.15) is 23.2 Å². The molecule has 1 aliphatic rings. The van der Waals surface area contributed by atoms with Gasteiger partial charge in [-0.1, -0.05) is 18.2 Å². The molecule has 0 saturated carbocycles. The van der Waals surface area contributed by atoms with Crippen molar-refractivity contribution in [1.29, 1.82) is 0 Å². The fourth-order valence-corrected chi connectivity index (χ4v) is 2.35. The predicted octanol–water partition coefficient (Wildman–Crippen LogP) is 2.63. The van der Waals surface area contributed by atoms with E-state index in [1.807, 2.05) is 0 Å². The van der Waals surface area contributed by atoms with E-state index in [-0.39, 0.29) is 12.1 Å². The first-order valence-corrected chi connectivity index (χ1v) is 7.71. The van der Waals surface area contributed by atoms with Crippen molar-refractivity contribution < 1.29 is 30.6 Å². The normalized spacial score (nSPS) is 16.1. The summed E-state index contributed by atoms with van der Waals surface area (Å²) in [5, 5.41) is 0. The van der Waals surface area contributed by atoms with Crippen LogP contribution in [0.3, 0.4) is 0 Å². The van der Waals surface area contributed by atoms with Gasteiger partial charge in [0, 0.05) is 12.1 Å². The van der Waals surface area contributed by atoms with Crippen molar-refractivity contribution in [3.8, 4) is 0 Å². The molecule has 0 radical (unpaired) electrons. The molecule has 0 saturated heterocycles. The van der Waals surface area contributed by atoms with Crippen LogP contribution < -0.4 is 0 Å². The molecule has 0 aromatic heterocycles. The van der Waals surface area contributed by atoms with Crippen molar-refractivity contribution in [3.05, 3.63) is 47.9 Å². The van der Waals surface area contributed by atoms with Crippen LogP contribution in [0.5, 0.6) is 0 Å². The van der Waals surface area contributed by atoms with Crippen LogP contribution in [0.2, 0.25) is 0 Å². The monoisotopic (exact) mass is 335 g/mol. The summed E-state index contributed by atoms with van der Waals surface area (Å²) < 4.78 is 63.5. The van der Waals surface area contributed by atoms with E-state index in [4.69, 9.17) is 0 Å². The molecule has 1 amide bonds. The Kier molecular flexibility index (Phi) is 4.45. The number of rotatable bonds is 3. The van der Waals surface area contributed by atoms with Crippen molar-refractivity contribution in [1.82, 2.24) is 4.90 Å². The van der Waals surface area contributed by atoms with Crippen molar-refractivity contribution in [3.63, 3.8) is 0 Å². The number of hydrogen-bond acceptors (Lipinski definition) is 4. The highest BCUT2D eigenvalue weighted by atomic mass is 32.2. The lowest BCUT2D eigenvalue weighted by atomic mass is 10.1. The standard InChI is InChI=1S/C13H12F3NO4S/c14-13(15,16)22(19,20)21-11-8-4-5-9-17(11)12(18)10-6-2-1-3-7-10/h1-3,6-8H,4-5,9H2. The Morgan fingerprint density at radius 2 is 1.82 bits per heavy atom. The molecule has 0 unspecified atom stereocenters. The minimum Gasteiger partial charge on any atom is -0.357 e. The van der Waals surface area contributed by atoms with E-state index < -0.39 is 27.4 Å². The summed E-state index contributed by atoms with van der Waals surface area (Å²) in [6, 6.07) is 7.82. The number of benzene rings is 1. The van der Waals surface area contributed by atoms with Crippen LogP contribution >= 0.6 is 0 Å². The highest BCUT2D eigenvalue weighted by molar-refractivity contribution is 7.87. The van der Waals surface area contributed by atoms with Gasteiger partial charge in [0.25, 0.3) is 5.91 Å². The van der Waals surface area contributed by atoms with E-state index in [9.17, 15) is 26.4 Å². The third-order valence-corrected chi connectivity index (χ3v) is 3.87. The second-order valence-electron chi connectivity index (χ2n) is 4.49. The smallest absolute Gasteiger partial charge is 0.357 e. The zero-order valence-electron chi connectivity index (χ0n) is 11.2. The fraction of sp³-hybridized carbons (Fsp3) is 0.308. The molecule has 2 rings (SSSR count). The van der Waals surface area contributed by atoms with Gasteiger partial charge in [-0.3, -0.25) is 9.69 Å². The van der Waals surface area contributed by atoms with Crippen molar-refractivity contribution >= 4 is 16.0 Å². The quantitative estimate of drug-likeness (QED) is 0.629. The van der Waals surface area contributed by atoms with Gasteiger partial charge in [-0.25, -0.2) is 0 Å². The maximum atomic E-state index is 12.4. The second-order valence-corrected chi connectivity index (χ2v) is 6.03. The summed E-state index contributed by atoms with van der Waals surface area (Å²) in [7, 11) is -5.81. The van der Waals surface area contributed by atoms with E-state index in [0.717, 1.165) is 11.0 Å². The summed E-state index contributed by atoms with van der Waals surface area (Å²) >= 11 is 0. The lowest BCUT2D eigenvalue weighted by Gasteiger charge is -2.27. The summed E-state index contributed by atoms with van der Waals surface area (Å²) in [4.78, 5) is 13.2. The van der Waals surface area contributed by atoms with Crippen LogP contribution in [0.15, 0.2) is 42.3 Å². The Bertz CT molecular complexity index is 683. The zero-order valence-corrected chi connectivity index (χ0v) is 12.0.